The second-order valence-corrected chi connectivity index (χ2v) is 4.94. The minimum atomic E-state index is -1.52. The molecule has 2 rings (SSSR count). The summed E-state index contributed by atoms with van der Waals surface area (Å²) >= 11 is 0. The van der Waals surface area contributed by atoms with Crippen molar-refractivity contribution >= 4 is 18.5 Å². The summed E-state index contributed by atoms with van der Waals surface area (Å²) in [5, 5.41) is 2.48. The van der Waals surface area contributed by atoms with Crippen LogP contribution in [0.2, 0.25) is 0 Å². The number of nitrogens with one attached hydrogen (secondary N) is 1. The van der Waals surface area contributed by atoms with Crippen LogP contribution in [0.15, 0.2) is 12.1 Å². The molecule has 1 fully saturated rings. The van der Waals surface area contributed by atoms with Crippen molar-refractivity contribution in [2.24, 2.45) is 5.41 Å². The van der Waals surface area contributed by atoms with Crippen molar-refractivity contribution in [1.29, 1.82) is 0 Å². The van der Waals surface area contributed by atoms with Gasteiger partial charge in [0.25, 0.3) is 0 Å². The Bertz CT molecular complexity index is 485. The number of carbonyl (C=O) groups excluding carboxylic acids is 1. The predicted octanol–water partition coefficient (Wildman–Crippen LogP) is 3.33. The highest BCUT2D eigenvalue weighted by Crippen LogP contribution is 2.37. The summed E-state index contributed by atoms with van der Waals surface area (Å²) in [6.07, 6.45) is -0.663. The van der Waals surface area contributed by atoms with E-state index in [2.05, 4.69) is 5.32 Å². The van der Waals surface area contributed by atoms with Gasteiger partial charge in [0.2, 0.25) is 0 Å². The Balaban J connectivity index is 0.00000180. The maximum absolute atomic E-state index is 13.2. The third-order valence-electron chi connectivity index (χ3n) is 2.96. The lowest BCUT2D eigenvalue weighted by atomic mass is 9.80. The molecule has 0 aliphatic carbocycles. The number of alkyl carbamates (subject to hydrolysis) is 1. The van der Waals surface area contributed by atoms with E-state index >= 15 is 0 Å². The van der Waals surface area contributed by atoms with E-state index in [0.29, 0.717) is 0 Å². The number of hydrogen-bond acceptors (Lipinski definition) is 2. The molecule has 1 aromatic rings. The van der Waals surface area contributed by atoms with Gasteiger partial charge in [-0.1, -0.05) is 13.8 Å². The van der Waals surface area contributed by atoms with E-state index in [4.69, 9.17) is 4.74 Å². The second kappa shape index (κ2) is 5.28. The van der Waals surface area contributed by atoms with Crippen LogP contribution in [0.1, 0.15) is 25.5 Å². The molecule has 1 amide bonds. The molecule has 1 aromatic carbocycles. The van der Waals surface area contributed by atoms with Crippen LogP contribution in [0.25, 0.3) is 0 Å². The number of carbonyl (C=O) groups is 1. The topological polar surface area (TPSA) is 38.3 Å². The third kappa shape index (κ3) is 2.94. The molecule has 0 radical (unpaired) electrons. The van der Waals surface area contributed by atoms with E-state index < -0.39 is 35.0 Å². The Morgan fingerprint density at radius 2 is 1.79 bits per heavy atom. The lowest BCUT2D eigenvalue weighted by Crippen LogP contribution is -2.47. The first kappa shape index (κ1) is 15.6. The SMILES string of the molecule is CC1(C)COC(=O)N[C@H]1c1cc(F)c(F)c(F)c1.Cl. The monoisotopic (exact) mass is 295 g/mol. The average molecular weight is 296 g/mol. The molecule has 1 heterocycles. The molecular formula is C12H13ClF3NO2. The third-order valence-corrected chi connectivity index (χ3v) is 2.96. The summed E-state index contributed by atoms with van der Waals surface area (Å²) in [6, 6.07) is 1.13. The van der Waals surface area contributed by atoms with Crippen LogP contribution in [0.5, 0.6) is 0 Å². The van der Waals surface area contributed by atoms with Gasteiger partial charge >= 0.3 is 6.09 Å². The molecule has 3 nitrogen and oxygen atoms in total. The molecular weight excluding hydrogens is 283 g/mol. The van der Waals surface area contributed by atoms with Crippen molar-refractivity contribution in [3.05, 3.63) is 35.1 Å². The van der Waals surface area contributed by atoms with Crippen molar-refractivity contribution in [2.45, 2.75) is 19.9 Å². The zero-order chi connectivity index (χ0) is 13.5. The number of cyclic esters (lactones) is 1. The molecule has 1 N–H and O–H groups in total. The van der Waals surface area contributed by atoms with Crippen molar-refractivity contribution in [3.63, 3.8) is 0 Å². The number of ether oxygens (including phenoxy) is 1. The summed E-state index contributed by atoms with van der Waals surface area (Å²) in [7, 11) is 0. The molecule has 1 aliphatic rings. The fraction of sp³-hybridized carbons (Fsp3) is 0.417. The zero-order valence-electron chi connectivity index (χ0n) is 10.3. The molecule has 0 saturated carbocycles. The van der Waals surface area contributed by atoms with Gasteiger partial charge in [-0.3, -0.25) is 0 Å². The Kier molecular flexibility index (Phi) is 4.35. The predicted molar refractivity (Wildman–Crippen MR) is 64.6 cm³/mol. The van der Waals surface area contributed by atoms with E-state index in [-0.39, 0.29) is 24.6 Å². The first-order valence-electron chi connectivity index (χ1n) is 5.39. The van der Waals surface area contributed by atoms with Crippen LogP contribution < -0.4 is 5.32 Å². The number of hydrogen-bond donors (Lipinski definition) is 1. The fourth-order valence-corrected chi connectivity index (χ4v) is 1.97. The zero-order valence-corrected chi connectivity index (χ0v) is 11.1. The number of amides is 1. The van der Waals surface area contributed by atoms with Gasteiger partial charge in [-0.25, -0.2) is 18.0 Å². The maximum atomic E-state index is 13.2. The van der Waals surface area contributed by atoms with Crippen LogP contribution in [0.4, 0.5) is 18.0 Å². The van der Waals surface area contributed by atoms with E-state index in [1.807, 2.05) is 0 Å². The Hall–Kier alpha value is -1.43. The van der Waals surface area contributed by atoms with Crippen LogP contribution in [-0.2, 0) is 4.74 Å². The van der Waals surface area contributed by atoms with Gasteiger partial charge in [-0.2, -0.15) is 0 Å². The van der Waals surface area contributed by atoms with Gasteiger partial charge in [0.15, 0.2) is 17.5 Å². The molecule has 106 valence electrons. The van der Waals surface area contributed by atoms with Gasteiger partial charge in [-0.05, 0) is 17.7 Å². The summed E-state index contributed by atoms with van der Waals surface area (Å²) in [4.78, 5) is 11.2. The quantitative estimate of drug-likeness (QED) is 0.807. The van der Waals surface area contributed by atoms with E-state index in [9.17, 15) is 18.0 Å². The number of benzene rings is 1. The van der Waals surface area contributed by atoms with Gasteiger partial charge in [-0.15, -0.1) is 12.4 Å². The van der Waals surface area contributed by atoms with Crippen molar-refractivity contribution < 1.29 is 22.7 Å². The molecule has 0 unspecified atom stereocenters. The Morgan fingerprint density at radius 3 is 2.32 bits per heavy atom. The van der Waals surface area contributed by atoms with Crippen molar-refractivity contribution in [1.82, 2.24) is 5.32 Å². The van der Waals surface area contributed by atoms with Gasteiger partial charge in [0, 0.05) is 5.41 Å². The summed E-state index contributed by atoms with van der Waals surface area (Å²) in [5.74, 6) is -4.07. The van der Waals surface area contributed by atoms with Gasteiger partial charge in [0.1, 0.15) is 6.61 Å². The van der Waals surface area contributed by atoms with Gasteiger partial charge < -0.3 is 10.1 Å². The molecule has 0 bridgehead atoms. The van der Waals surface area contributed by atoms with E-state index in [1.165, 1.54) is 0 Å². The molecule has 1 saturated heterocycles. The van der Waals surface area contributed by atoms with E-state index in [0.717, 1.165) is 12.1 Å². The highest BCUT2D eigenvalue weighted by molar-refractivity contribution is 5.85. The lowest BCUT2D eigenvalue weighted by molar-refractivity contribution is 0.0385. The van der Waals surface area contributed by atoms with Crippen LogP contribution in [0, 0.1) is 22.9 Å². The molecule has 1 atom stereocenters. The van der Waals surface area contributed by atoms with Crippen molar-refractivity contribution in [3.8, 4) is 0 Å². The molecule has 7 heteroatoms. The minimum Gasteiger partial charge on any atom is -0.449 e. The van der Waals surface area contributed by atoms with Gasteiger partial charge in [0.05, 0.1) is 6.04 Å². The molecule has 0 spiro atoms. The number of halogens is 4. The molecule has 0 aromatic heterocycles. The summed E-state index contributed by atoms with van der Waals surface area (Å²) < 4.78 is 44.1. The lowest BCUT2D eigenvalue weighted by Gasteiger charge is -2.38. The van der Waals surface area contributed by atoms with Crippen LogP contribution >= 0.6 is 12.4 Å². The van der Waals surface area contributed by atoms with Crippen molar-refractivity contribution in [2.75, 3.05) is 6.61 Å². The summed E-state index contributed by atoms with van der Waals surface area (Å²) in [6.45, 7) is 3.66. The molecule has 19 heavy (non-hydrogen) atoms. The first-order valence-corrected chi connectivity index (χ1v) is 5.39. The minimum absolute atomic E-state index is 0. The largest absolute Gasteiger partial charge is 0.449 e. The van der Waals surface area contributed by atoms with Crippen LogP contribution in [-0.4, -0.2) is 12.7 Å². The normalized spacial score (nSPS) is 21.1. The highest BCUT2D eigenvalue weighted by Gasteiger charge is 2.38. The standard InChI is InChI=1S/C12H12F3NO2.ClH/c1-12(2)5-18-11(17)16-10(12)6-3-7(13)9(15)8(14)4-6;/h3-4,10H,5H2,1-2H3,(H,16,17);1H/t10-;/m0./s1. The summed E-state index contributed by atoms with van der Waals surface area (Å²) in [5.41, 5.74) is -0.377. The number of rotatable bonds is 1. The maximum Gasteiger partial charge on any atom is 0.407 e. The first-order chi connectivity index (χ1) is 8.31. The highest BCUT2D eigenvalue weighted by atomic mass is 35.5. The smallest absolute Gasteiger partial charge is 0.407 e. The Morgan fingerprint density at radius 1 is 1.26 bits per heavy atom. The Labute approximate surface area is 114 Å². The molecule has 1 aliphatic heterocycles. The average Bonchev–Trinajstić information content (AvgIpc) is 2.28. The van der Waals surface area contributed by atoms with Crippen LogP contribution in [0.3, 0.4) is 0 Å². The van der Waals surface area contributed by atoms with E-state index in [1.54, 1.807) is 13.8 Å². The fourth-order valence-electron chi connectivity index (χ4n) is 1.97. The second-order valence-electron chi connectivity index (χ2n) is 4.94.